The number of thiazole rings is 1. The van der Waals surface area contributed by atoms with Crippen molar-refractivity contribution in [3.63, 3.8) is 0 Å². The lowest BCUT2D eigenvalue weighted by Gasteiger charge is -2.15. The van der Waals surface area contributed by atoms with Gasteiger partial charge in [0.05, 0.1) is 5.69 Å². The third-order valence-electron chi connectivity index (χ3n) is 3.40. The fourth-order valence-electron chi connectivity index (χ4n) is 2.46. The van der Waals surface area contributed by atoms with Crippen LogP contribution in [0.5, 0.6) is 5.75 Å². The quantitative estimate of drug-likeness (QED) is 0.915. The lowest BCUT2D eigenvalue weighted by molar-refractivity contribution is -0.114. The number of hydrogen-bond acceptors (Lipinski definition) is 6. The molecule has 0 saturated carbocycles. The Morgan fingerprint density at radius 2 is 2.32 bits per heavy atom. The molecule has 1 fully saturated rings. The van der Waals surface area contributed by atoms with Crippen molar-refractivity contribution in [2.24, 2.45) is 0 Å². The highest BCUT2D eigenvalue weighted by molar-refractivity contribution is 7.13. The molecule has 7 heteroatoms. The van der Waals surface area contributed by atoms with Crippen LogP contribution in [0.25, 0.3) is 0 Å². The van der Waals surface area contributed by atoms with Gasteiger partial charge in [0.2, 0.25) is 5.91 Å². The molecule has 0 spiro atoms. The number of anilines is 1. The molecule has 1 aliphatic heterocycles. The Labute approximate surface area is 133 Å². The van der Waals surface area contributed by atoms with E-state index in [0.29, 0.717) is 5.13 Å². The van der Waals surface area contributed by atoms with E-state index < -0.39 is 0 Å². The van der Waals surface area contributed by atoms with Gasteiger partial charge >= 0.3 is 0 Å². The van der Waals surface area contributed by atoms with Gasteiger partial charge in [0.1, 0.15) is 11.9 Å². The molecule has 0 aromatic carbocycles. The average Bonchev–Trinajstić information content (AvgIpc) is 3.10. The minimum atomic E-state index is -0.0899. The van der Waals surface area contributed by atoms with E-state index in [1.54, 1.807) is 12.4 Å². The highest BCUT2D eigenvalue weighted by Crippen LogP contribution is 2.21. The molecule has 1 N–H and O–H groups in total. The summed E-state index contributed by atoms with van der Waals surface area (Å²) >= 11 is 1.46. The molecule has 1 unspecified atom stereocenters. The normalized spacial score (nSPS) is 18.3. The number of rotatable bonds is 5. The fraction of sp³-hybridized carbons (Fsp3) is 0.400. The topological polar surface area (TPSA) is 67.4 Å². The first-order valence-corrected chi connectivity index (χ1v) is 8.08. The zero-order valence-electron chi connectivity index (χ0n) is 12.4. The third-order valence-corrected chi connectivity index (χ3v) is 4.21. The molecule has 1 atom stereocenters. The van der Waals surface area contributed by atoms with Crippen molar-refractivity contribution >= 4 is 22.4 Å². The summed E-state index contributed by atoms with van der Waals surface area (Å²) < 4.78 is 5.94. The molecular formula is C15H18N4O2S. The molecule has 0 aliphatic carbocycles. The second kappa shape index (κ2) is 6.85. The van der Waals surface area contributed by atoms with Gasteiger partial charge in [0.15, 0.2) is 5.13 Å². The van der Waals surface area contributed by atoms with Crippen LogP contribution >= 0.6 is 11.3 Å². The molecule has 1 aliphatic rings. The number of nitrogens with zero attached hydrogens (tertiary/aromatic N) is 3. The number of pyridine rings is 1. The van der Waals surface area contributed by atoms with Gasteiger partial charge in [-0.15, -0.1) is 11.3 Å². The van der Waals surface area contributed by atoms with Gasteiger partial charge < -0.3 is 10.1 Å². The van der Waals surface area contributed by atoms with Crippen molar-refractivity contribution in [1.82, 2.24) is 14.9 Å². The number of carbonyl (C=O) groups is 1. The summed E-state index contributed by atoms with van der Waals surface area (Å²) in [5, 5.41) is 5.36. The van der Waals surface area contributed by atoms with Crippen molar-refractivity contribution in [2.75, 3.05) is 18.4 Å². The van der Waals surface area contributed by atoms with Crippen LogP contribution in [0.2, 0.25) is 0 Å². The molecule has 22 heavy (non-hydrogen) atoms. The van der Waals surface area contributed by atoms with Crippen molar-refractivity contribution in [1.29, 1.82) is 0 Å². The Morgan fingerprint density at radius 1 is 1.50 bits per heavy atom. The average molecular weight is 318 g/mol. The number of nitrogens with one attached hydrogen (secondary N) is 1. The van der Waals surface area contributed by atoms with Crippen LogP contribution in [-0.2, 0) is 11.3 Å². The van der Waals surface area contributed by atoms with Crippen molar-refractivity contribution in [2.45, 2.75) is 26.0 Å². The Morgan fingerprint density at radius 3 is 3.09 bits per heavy atom. The molecule has 0 radical (unpaired) electrons. The summed E-state index contributed by atoms with van der Waals surface area (Å²) in [5.74, 6) is 0.774. The Balaban J connectivity index is 1.50. The van der Waals surface area contributed by atoms with Crippen LogP contribution in [0.3, 0.4) is 0 Å². The van der Waals surface area contributed by atoms with Crippen molar-refractivity contribution in [3.8, 4) is 5.75 Å². The summed E-state index contributed by atoms with van der Waals surface area (Å²) in [6.07, 6.45) is 4.68. The zero-order valence-corrected chi connectivity index (χ0v) is 13.2. The molecule has 3 rings (SSSR count). The van der Waals surface area contributed by atoms with E-state index in [4.69, 9.17) is 4.74 Å². The number of hydrogen-bond donors (Lipinski definition) is 1. The summed E-state index contributed by atoms with van der Waals surface area (Å²) in [6, 6.07) is 3.76. The Bertz CT molecular complexity index is 631. The number of amides is 1. The highest BCUT2D eigenvalue weighted by atomic mass is 32.1. The standard InChI is InChI=1S/C15H18N4O2S/c1-11(20)17-15-18-12(10-22-15)8-19-7-4-14(9-19)21-13-2-5-16-6-3-13/h2-3,5-6,10,14H,4,7-9H2,1H3,(H,17,18,20). The second-order valence-corrected chi connectivity index (χ2v) is 6.13. The van der Waals surface area contributed by atoms with Gasteiger partial charge in [-0.2, -0.15) is 0 Å². The summed E-state index contributed by atoms with van der Waals surface area (Å²) in [6.45, 7) is 4.15. The Kier molecular flexibility index (Phi) is 4.65. The number of aromatic nitrogens is 2. The minimum absolute atomic E-state index is 0.0899. The van der Waals surface area contributed by atoms with Crippen LogP contribution < -0.4 is 10.1 Å². The van der Waals surface area contributed by atoms with E-state index in [9.17, 15) is 4.79 Å². The first kappa shape index (κ1) is 14.9. The number of likely N-dealkylation sites (tertiary alicyclic amines) is 1. The second-order valence-electron chi connectivity index (χ2n) is 5.27. The maximum Gasteiger partial charge on any atom is 0.223 e. The lowest BCUT2D eigenvalue weighted by Crippen LogP contribution is -2.24. The molecular weight excluding hydrogens is 300 g/mol. The molecule has 0 bridgehead atoms. The molecule has 2 aromatic rings. The smallest absolute Gasteiger partial charge is 0.223 e. The largest absolute Gasteiger partial charge is 0.489 e. The first-order valence-electron chi connectivity index (χ1n) is 7.20. The van der Waals surface area contributed by atoms with E-state index in [2.05, 4.69) is 20.2 Å². The molecule has 6 nitrogen and oxygen atoms in total. The van der Waals surface area contributed by atoms with Crippen LogP contribution in [0.4, 0.5) is 5.13 Å². The monoisotopic (exact) mass is 318 g/mol. The summed E-state index contributed by atoms with van der Waals surface area (Å²) in [4.78, 5) is 21.7. The van der Waals surface area contributed by atoms with Gasteiger partial charge in [-0.25, -0.2) is 4.98 Å². The van der Waals surface area contributed by atoms with Crippen molar-refractivity contribution in [3.05, 3.63) is 35.6 Å². The van der Waals surface area contributed by atoms with Gasteiger partial charge in [-0.3, -0.25) is 14.7 Å². The van der Waals surface area contributed by atoms with E-state index in [1.807, 2.05) is 17.5 Å². The van der Waals surface area contributed by atoms with E-state index >= 15 is 0 Å². The summed E-state index contributed by atoms with van der Waals surface area (Å²) in [5.41, 5.74) is 0.985. The van der Waals surface area contributed by atoms with Gasteiger partial charge in [-0.05, 0) is 18.6 Å². The molecule has 1 amide bonds. The Hall–Kier alpha value is -1.99. The highest BCUT2D eigenvalue weighted by Gasteiger charge is 2.24. The minimum Gasteiger partial charge on any atom is -0.489 e. The van der Waals surface area contributed by atoms with E-state index in [0.717, 1.165) is 37.5 Å². The van der Waals surface area contributed by atoms with Crippen molar-refractivity contribution < 1.29 is 9.53 Å². The predicted molar refractivity (Wildman–Crippen MR) is 85.0 cm³/mol. The molecule has 2 aromatic heterocycles. The lowest BCUT2D eigenvalue weighted by atomic mass is 10.3. The molecule has 1 saturated heterocycles. The number of carbonyl (C=O) groups excluding carboxylic acids is 1. The van der Waals surface area contributed by atoms with Crippen LogP contribution in [0.15, 0.2) is 29.9 Å². The zero-order chi connectivity index (χ0) is 15.4. The van der Waals surface area contributed by atoms with E-state index in [-0.39, 0.29) is 12.0 Å². The van der Waals surface area contributed by atoms with Gasteiger partial charge in [-0.1, -0.05) is 0 Å². The SMILES string of the molecule is CC(=O)Nc1nc(CN2CCC(Oc3ccncc3)C2)cs1. The van der Waals surface area contributed by atoms with Gasteiger partial charge in [0.25, 0.3) is 0 Å². The van der Waals surface area contributed by atoms with Crippen LogP contribution in [0.1, 0.15) is 19.0 Å². The third kappa shape index (κ3) is 4.02. The molecule has 3 heterocycles. The van der Waals surface area contributed by atoms with Gasteiger partial charge in [0, 0.05) is 44.3 Å². The van der Waals surface area contributed by atoms with Crippen LogP contribution in [0, 0.1) is 0 Å². The predicted octanol–water partition coefficient (Wildman–Crippen LogP) is 2.15. The maximum absolute atomic E-state index is 11.0. The first-order chi connectivity index (χ1) is 10.7. The summed E-state index contributed by atoms with van der Waals surface area (Å²) in [7, 11) is 0. The van der Waals surface area contributed by atoms with Crippen LogP contribution in [-0.4, -0.2) is 40.0 Å². The van der Waals surface area contributed by atoms with E-state index in [1.165, 1.54) is 18.3 Å². The fourth-order valence-corrected chi connectivity index (χ4v) is 3.21. The molecule has 116 valence electrons. The number of ether oxygens (including phenoxy) is 1. The maximum atomic E-state index is 11.0.